The molecule has 18 heavy (non-hydrogen) atoms. The molecule has 1 fully saturated rings. The Kier molecular flexibility index (Phi) is 5.21. The minimum Gasteiger partial charge on any atom is -0.351 e. The van der Waals surface area contributed by atoms with E-state index in [2.05, 4.69) is 42.1 Å². The molecule has 0 aliphatic carbocycles. The average molecular weight is 376 g/mol. The van der Waals surface area contributed by atoms with Crippen LogP contribution >= 0.6 is 31.9 Å². The molecule has 0 unspecified atom stereocenters. The largest absolute Gasteiger partial charge is 0.351 e. The number of carbonyl (C=O) groups excluding carboxylic acids is 1. The van der Waals surface area contributed by atoms with E-state index in [-0.39, 0.29) is 5.91 Å². The van der Waals surface area contributed by atoms with Crippen LogP contribution in [0.15, 0.2) is 27.1 Å². The molecular weight excluding hydrogens is 360 g/mol. The van der Waals surface area contributed by atoms with Crippen LogP contribution in [-0.4, -0.2) is 37.0 Å². The van der Waals surface area contributed by atoms with E-state index in [1.54, 1.807) is 0 Å². The van der Waals surface area contributed by atoms with Gasteiger partial charge >= 0.3 is 0 Å². The fourth-order valence-corrected chi connectivity index (χ4v) is 3.41. The first kappa shape index (κ1) is 14.0. The van der Waals surface area contributed by atoms with Gasteiger partial charge in [0.2, 0.25) is 0 Å². The Bertz CT molecular complexity index is 411. The maximum Gasteiger partial charge on any atom is 0.251 e. The molecule has 1 aliphatic rings. The van der Waals surface area contributed by atoms with Crippen LogP contribution in [0.3, 0.4) is 0 Å². The molecule has 1 heterocycles. The molecular formula is C13H16Br2N2O. The Labute approximate surface area is 124 Å². The number of rotatable bonds is 4. The molecule has 5 heteroatoms. The highest BCUT2D eigenvalue weighted by Crippen LogP contribution is 2.19. The van der Waals surface area contributed by atoms with Gasteiger partial charge in [-0.3, -0.25) is 4.79 Å². The van der Waals surface area contributed by atoms with Crippen molar-refractivity contribution in [2.45, 2.75) is 12.8 Å². The Hall–Kier alpha value is -0.390. The van der Waals surface area contributed by atoms with Gasteiger partial charge in [0.15, 0.2) is 0 Å². The summed E-state index contributed by atoms with van der Waals surface area (Å²) in [7, 11) is 0. The zero-order valence-corrected chi connectivity index (χ0v) is 13.3. The van der Waals surface area contributed by atoms with Gasteiger partial charge in [0.1, 0.15) is 0 Å². The lowest BCUT2D eigenvalue weighted by atomic mass is 10.2. The third-order valence-electron chi connectivity index (χ3n) is 3.04. The molecule has 0 radical (unpaired) electrons. The van der Waals surface area contributed by atoms with Gasteiger partial charge in [0.25, 0.3) is 5.91 Å². The van der Waals surface area contributed by atoms with E-state index >= 15 is 0 Å². The number of nitrogens with one attached hydrogen (secondary N) is 1. The fourth-order valence-electron chi connectivity index (χ4n) is 2.12. The Morgan fingerprint density at radius 1 is 1.17 bits per heavy atom. The molecule has 0 spiro atoms. The highest BCUT2D eigenvalue weighted by atomic mass is 79.9. The summed E-state index contributed by atoms with van der Waals surface area (Å²) in [5.74, 6) is -0.0174. The maximum absolute atomic E-state index is 12.0. The molecule has 0 saturated carbocycles. The van der Waals surface area contributed by atoms with Crippen LogP contribution in [0.1, 0.15) is 23.2 Å². The van der Waals surface area contributed by atoms with Crippen molar-refractivity contribution < 1.29 is 4.79 Å². The van der Waals surface area contributed by atoms with Crippen molar-refractivity contribution in [2.24, 2.45) is 0 Å². The Balaban J connectivity index is 1.83. The van der Waals surface area contributed by atoms with Crippen LogP contribution in [0.5, 0.6) is 0 Å². The monoisotopic (exact) mass is 374 g/mol. The number of halogens is 2. The Morgan fingerprint density at radius 3 is 2.39 bits per heavy atom. The van der Waals surface area contributed by atoms with Crippen molar-refractivity contribution in [3.63, 3.8) is 0 Å². The highest BCUT2D eigenvalue weighted by Gasteiger charge is 2.12. The second-order valence-electron chi connectivity index (χ2n) is 4.46. The first-order valence-corrected chi connectivity index (χ1v) is 7.70. The van der Waals surface area contributed by atoms with E-state index < -0.39 is 0 Å². The summed E-state index contributed by atoms with van der Waals surface area (Å²) in [4.78, 5) is 14.3. The number of hydrogen-bond donors (Lipinski definition) is 1. The average Bonchev–Trinajstić information content (AvgIpc) is 2.80. The molecule has 0 atom stereocenters. The Morgan fingerprint density at radius 2 is 1.78 bits per heavy atom. The summed E-state index contributed by atoms with van der Waals surface area (Å²) >= 11 is 6.77. The molecule has 1 amide bonds. The summed E-state index contributed by atoms with van der Waals surface area (Å²) in [6.45, 7) is 3.99. The van der Waals surface area contributed by atoms with E-state index in [1.807, 2.05) is 18.2 Å². The minimum absolute atomic E-state index is 0.0174. The zero-order chi connectivity index (χ0) is 13.0. The van der Waals surface area contributed by atoms with Gasteiger partial charge in [-0.2, -0.15) is 0 Å². The van der Waals surface area contributed by atoms with Crippen LogP contribution in [0.4, 0.5) is 0 Å². The van der Waals surface area contributed by atoms with E-state index in [4.69, 9.17) is 0 Å². The van der Waals surface area contributed by atoms with Crippen molar-refractivity contribution in [3.8, 4) is 0 Å². The predicted molar refractivity (Wildman–Crippen MR) is 79.8 cm³/mol. The normalized spacial score (nSPS) is 15.9. The number of hydrogen-bond acceptors (Lipinski definition) is 2. The standard InChI is InChI=1S/C13H16Br2N2O/c14-11-7-10(8-12(15)9-11)13(18)16-3-6-17-4-1-2-5-17/h7-9H,1-6H2,(H,16,18). The van der Waals surface area contributed by atoms with Crippen molar-refractivity contribution in [2.75, 3.05) is 26.2 Å². The molecule has 0 bridgehead atoms. The molecule has 2 rings (SSSR count). The van der Waals surface area contributed by atoms with E-state index in [0.717, 1.165) is 28.6 Å². The molecule has 1 N–H and O–H groups in total. The van der Waals surface area contributed by atoms with E-state index in [0.29, 0.717) is 12.1 Å². The summed E-state index contributed by atoms with van der Waals surface area (Å²) in [6, 6.07) is 5.58. The van der Waals surface area contributed by atoms with Crippen LogP contribution in [0.2, 0.25) is 0 Å². The highest BCUT2D eigenvalue weighted by molar-refractivity contribution is 9.11. The molecule has 1 saturated heterocycles. The van der Waals surface area contributed by atoms with Gasteiger partial charge in [0, 0.05) is 27.6 Å². The van der Waals surface area contributed by atoms with Crippen molar-refractivity contribution in [1.29, 1.82) is 0 Å². The van der Waals surface area contributed by atoms with Gasteiger partial charge in [-0.25, -0.2) is 0 Å². The molecule has 3 nitrogen and oxygen atoms in total. The maximum atomic E-state index is 12.0. The van der Waals surface area contributed by atoms with Crippen molar-refractivity contribution in [3.05, 3.63) is 32.7 Å². The second-order valence-corrected chi connectivity index (χ2v) is 6.29. The van der Waals surface area contributed by atoms with Gasteiger partial charge in [-0.1, -0.05) is 31.9 Å². The fraction of sp³-hybridized carbons (Fsp3) is 0.462. The first-order chi connectivity index (χ1) is 8.65. The lowest BCUT2D eigenvalue weighted by Crippen LogP contribution is -2.33. The number of benzene rings is 1. The zero-order valence-electron chi connectivity index (χ0n) is 10.1. The molecule has 1 aromatic rings. The third-order valence-corrected chi connectivity index (χ3v) is 3.95. The van der Waals surface area contributed by atoms with Gasteiger partial charge in [0.05, 0.1) is 0 Å². The third kappa shape index (κ3) is 4.07. The SMILES string of the molecule is O=C(NCCN1CCCC1)c1cc(Br)cc(Br)c1. The minimum atomic E-state index is -0.0174. The number of nitrogens with zero attached hydrogens (tertiary/aromatic N) is 1. The number of amides is 1. The number of carbonyl (C=O) groups is 1. The summed E-state index contributed by atoms with van der Waals surface area (Å²) in [5.41, 5.74) is 0.678. The van der Waals surface area contributed by atoms with Crippen LogP contribution < -0.4 is 5.32 Å². The lowest BCUT2D eigenvalue weighted by molar-refractivity contribution is 0.0949. The second kappa shape index (κ2) is 6.68. The van der Waals surface area contributed by atoms with Crippen LogP contribution in [0, 0.1) is 0 Å². The van der Waals surface area contributed by atoms with E-state index in [1.165, 1.54) is 12.8 Å². The number of likely N-dealkylation sites (tertiary alicyclic amines) is 1. The van der Waals surface area contributed by atoms with Crippen molar-refractivity contribution in [1.82, 2.24) is 10.2 Å². The molecule has 1 aliphatic heterocycles. The lowest BCUT2D eigenvalue weighted by Gasteiger charge is -2.14. The van der Waals surface area contributed by atoms with Crippen LogP contribution in [-0.2, 0) is 0 Å². The molecule has 0 aromatic heterocycles. The quantitative estimate of drug-likeness (QED) is 0.877. The summed E-state index contributed by atoms with van der Waals surface area (Å²) < 4.78 is 1.81. The van der Waals surface area contributed by atoms with Crippen LogP contribution in [0.25, 0.3) is 0 Å². The van der Waals surface area contributed by atoms with Crippen molar-refractivity contribution >= 4 is 37.8 Å². The molecule has 98 valence electrons. The smallest absolute Gasteiger partial charge is 0.251 e. The predicted octanol–water partition coefficient (Wildman–Crippen LogP) is 3.04. The first-order valence-electron chi connectivity index (χ1n) is 6.12. The summed E-state index contributed by atoms with van der Waals surface area (Å²) in [5, 5.41) is 2.96. The summed E-state index contributed by atoms with van der Waals surface area (Å²) in [6.07, 6.45) is 2.57. The molecule has 1 aromatic carbocycles. The topological polar surface area (TPSA) is 32.3 Å². The van der Waals surface area contributed by atoms with E-state index in [9.17, 15) is 4.79 Å². The van der Waals surface area contributed by atoms with Gasteiger partial charge in [-0.15, -0.1) is 0 Å². The van der Waals surface area contributed by atoms with Gasteiger partial charge < -0.3 is 10.2 Å². The van der Waals surface area contributed by atoms with Gasteiger partial charge in [-0.05, 0) is 44.1 Å².